The number of aliphatic hydroxyl groups is 1. The van der Waals surface area contributed by atoms with Gasteiger partial charge in [0.25, 0.3) is 0 Å². The molecule has 0 rings (SSSR count). The Bertz CT molecular complexity index is 1920. The molecule has 17 nitrogen and oxygen atoms in total. The van der Waals surface area contributed by atoms with Gasteiger partial charge in [0.05, 0.1) is 26.4 Å². The number of phosphoric ester groups is 2. The molecule has 5 atom stereocenters. The number of esters is 4. The van der Waals surface area contributed by atoms with E-state index in [0.717, 1.165) is 102 Å². The van der Waals surface area contributed by atoms with Gasteiger partial charge < -0.3 is 33.8 Å². The quantitative estimate of drug-likeness (QED) is 0.0222. The third-order valence-electron chi connectivity index (χ3n) is 19.0. The van der Waals surface area contributed by atoms with Crippen LogP contribution in [0.25, 0.3) is 0 Å². The van der Waals surface area contributed by atoms with Crippen molar-refractivity contribution < 1.29 is 80.2 Å². The molecule has 0 aliphatic carbocycles. The monoisotopic (exact) mass is 1470 g/mol. The minimum atomic E-state index is -4.96. The Kier molecular flexibility index (Phi) is 71.2. The Morgan fingerprint density at radius 3 is 0.680 bits per heavy atom. The van der Waals surface area contributed by atoms with Crippen molar-refractivity contribution in [2.45, 2.75) is 445 Å². The first-order chi connectivity index (χ1) is 48.4. The van der Waals surface area contributed by atoms with Crippen LogP contribution < -0.4 is 0 Å². The summed E-state index contributed by atoms with van der Waals surface area (Å²) in [5.41, 5.74) is 0. The van der Waals surface area contributed by atoms with Crippen molar-refractivity contribution >= 4 is 39.5 Å². The van der Waals surface area contributed by atoms with Gasteiger partial charge >= 0.3 is 39.5 Å². The lowest BCUT2D eigenvalue weighted by Gasteiger charge is -2.21. The van der Waals surface area contributed by atoms with E-state index in [1.54, 1.807) is 0 Å². The van der Waals surface area contributed by atoms with Crippen LogP contribution in [-0.4, -0.2) is 96.7 Å². The summed E-state index contributed by atoms with van der Waals surface area (Å²) in [7, 11) is -9.91. The highest BCUT2D eigenvalue weighted by molar-refractivity contribution is 7.47. The minimum Gasteiger partial charge on any atom is -0.462 e. The molecule has 100 heavy (non-hydrogen) atoms. The summed E-state index contributed by atoms with van der Waals surface area (Å²) in [5, 5.41) is 10.6. The van der Waals surface area contributed by atoms with Crippen molar-refractivity contribution in [2.24, 2.45) is 11.8 Å². The number of ether oxygens (including phenoxy) is 4. The van der Waals surface area contributed by atoms with Gasteiger partial charge in [-0.15, -0.1) is 0 Å². The first kappa shape index (κ1) is 98.1. The van der Waals surface area contributed by atoms with E-state index >= 15 is 0 Å². The molecule has 0 bridgehead atoms. The maximum Gasteiger partial charge on any atom is 0.472 e. The highest BCUT2D eigenvalue weighted by Crippen LogP contribution is 2.45. The summed E-state index contributed by atoms with van der Waals surface area (Å²) in [4.78, 5) is 72.9. The van der Waals surface area contributed by atoms with E-state index in [1.165, 1.54) is 238 Å². The summed E-state index contributed by atoms with van der Waals surface area (Å²) in [6.07, 6.45) is 62.8. The third kappa shape index (κ3) is 74.3. The molecular formula is C81H158O17P2. The molecule has 0 aliphatic heterocycles. The van der Waals surface area contributed by atoms with Crippen LogP contribution >= 0.6 is 15.6 Å². The number of rotatable bonds is 80. The lowest BCUT2D eigenvalue weighted by atomic mass is 10.0. The van der Waals surface area contributed by atoms with Crippen molar-refractivity contribution in [1.29, 1.82) is 0 Å². The zero-order valence-corrected chi connectivity index (χ0v) is 67.3. The number of carbonyl (C=O) groups is 4. The number of hydrogen-bond donors (Lipinski definition) is 3. The second kappa shape index (κ2) is 72.6. The van der Waals surface area contributed by atoms with E-state index in [4.69, 9.17) is 37.0 Å². The molecular weight excluding hydrogens is 1310 g/mol. The number of carbonyl (C=O) groups excluding carboxylic acids is 4. The topological polar surface area (TPSA) is 237 Å². The Hall–Kier alpha value is -1.94. The summed E-state index contributed by atoms with van der Waals surface area (Å²) in [6.45, 7) is 9.57. The van der Waals surface area contributed by atoms with Crippen LogP contribution in [0, 0.1) is 11.8 Å². The average Bonchev–Trinajstić information content (AvgIpc) is 0.929. The molecule has 0 aliphatic rings. The summed E-state index contributed by atoms with van der Waals surface area (Å²) in [5.74, 6) is -0.620. The van der Waals surface area contributed by atoms with Crippen molar-refractivity contribution in [3.63, 3.8) is 0 Å². The molecule has 0 aromatic heterocycles. The predicted molar refractivity (Wildman–Crippen MR) is 409 cm³/mol. The number of phosphoric acid groups is 2. The highest BCUT2D eigenvalue weighted by atomic mass is 31.2. The largest absolute Gasteiger partial charge is 0.472 e. The normalized spacial score (nSPS) is 13.9. The highest BCUT2D eigenvalue weighted by Gasteiger charge is 2.30. The zero-order chi connectivity index (χ0) is 73.5. The molecule has 0 radical (unpaired) electrons. The number of hydrogen-bond acceptors (Lipinski definition) is 15. The van der Waals surface area contributed by atoms with Crippen LogP contribution in [0.2, 0.25) is 0 Å². The molecule has 3 N–H and O–H groups in total. The molecule has 0 saturated heterocycles. The second-order valence-electron chi connectivity index (χ2n) is 30.1. The van der Waals surface area contributed by atoms with E-state index in [1.807, 2.05) is 0 Å². The van der Waals surface area contributed by atoms with E-state index in [9.17, 15) is 43.2 Å². The molecule has 0 amide bonds. The Morgan fingerprint density at radius 2 is 0.460 bits per heavy atom. The van der Waals surface area contributed by atoms with E-state index < -0.39 is 97.5 Å². The van der Waals surface area contributed by atoms with Gasteiger partial charge in [-0.3, -0.25) is 37.3 Å². The molecule has 0 aromatic rings. The van der Waals surface area contributed by atoms with Gasteiger partial charge in [0.1, 0.15) is 19.3 Å². The SMILES string of the molecule is CCCCCCCCCCCCCCCCCCCCCCCC(=O)O[C@H](COC(=O)CCCCCCCCCCCCCCCCCCC(C)C)COP(=O)(O)OC[C@@H](O)COP(=O)(O)OC[C@@H](COC(=O)CCCCCCCCC(C)C)OC(=O)CCCCCCCCCCCCC. The van der Waals surface area contributed by atoms with Gasteiger partial charge in [-0.25, -0.2) is 9.13 Å². The van der Waals surface area contributed by atoms with Gasteiger partial charge in [0.2, 0.25) is 0 Å². The van der Waals surface area contributed by atoms with E-state index in [-0.39, 0.29) is 25.7 Å². The Morgan fingerprint density at radius 1 is 0.270 bits per heavy atom. The lowest BCUT2D eigenvalue weighted by Crippen LogP contribution is -2.30. The fraction of sp³-hybridized carbons (Fsp3) is 0.951. The van der Waals surface area contributed by atoms with Crippen molar-refractivity contribution in [3.8, 4) is 0 Å². The second-order valence-corrected chi connectivity index (χ2v) is 33.0. The third-order valence-corrected chi connectivity index (χ3v) is 20.9. The van der Waals surface area contributed by atoms with Gasteiger partial charge in [-0.2, -0.15) is 0 Å². The van der Waals surface area contributed by atoms with Gasteiger partial charge in [0, 0.05) is 25.7 Å². The minimum absolute atomic E-state index is 0.106. The Labute approximate surface area is 613 Å². The van der Waals surface area contributed by atoms with E-state index in [2.05, 4.69) is 41.5 Å². The van der Waals surface area contributed by atoms with Crippen LogP contribution in [0.1, 0.15) is 427 Å². The predicted octanol–water partition coefficient (Wildman–Crippen LogP) is 24.3. The number of aliphatic hydroxyl groups excluding tert-OH is 1. The fourth-order valence-electron chi connectivity index (χ4n) is 12.5. The van der Waals surface area contributed by atoms with Crippen LogP contribution in [-0.2, 0) is 65.4 Å². The van der Waals surface area contributed by atoms with Crippen LogP contribution in [0.5, 0.6) is 0 Å². The molecule has 0 fully saturated rings. The lowest BCUT2D eigenvalue weighted by molar-refractivity contribution is -0.161. The summed E-state index contributed by atoms with van der Waals surface area (Å²) < 4.78 is 68.6. The molecule has 0 heterocycles. The van der Waals surface area contributed by atoms with Crippen molar-refractivity contribution in [2.75, 3.05) is 39.6 Å². The maximum absolute atomic E-state index is 13.1. The first-order valence-electron chi connectivity index (χ1n) is 42.0. The van der Waals surface area contributed by atoms with Crippen LogP contribution in [0.4, 0.5) is 0 Å². The average molecular weight is 1470 g/mol. The molecule has 0 aromatic carbocycles. The van der Waals surface area contributed by atoms with Crippen molar-refractivity contribution in [3.05, 3.63) is 0 Å². The summed E-state index contributed by atoms with van der Waals surface area (Å²) >= 11 is 0. The molecule has 0 spiro atoms. The van der Waals surface area contributed by atoms with Crippen LogP contribution in [0.3, 0.4) is 0 Å². The van der Waals surface area contributed by atoms with Gasteiger partial charge in [-0.1, -0.05) is 375 Å². The number of unbranched alkanes of at least 4 members (excludes halogenated alkanes) is 50. The molecule has 19 heteroatoms. The van der Waals surface area contributed by atoms with Crippen LogP contribution in [0.15, 0.2) is 0 Å². The standard InChI is InChI=1S/C81H158O17P2/c1-7-9-11-13-15-17-19-20-21-22-23-24-25-26-31-34-38-42-46-54-60-66-81(86)97-76(69-91-78(83)63-57-51-44-40-37-33-30-28-27-29-32-36-39-43-49-55-61-73(3)4)71-95-99(87,88)93-67-75(82)68-94-100(89,90)96-72-77(70-92-79(84)64-58-52-48-47-50-56-62-74(5)6)98-80(85)65-59-53-45-41-35-18-16-14-12-10-8-2/h73-77,82H,7-72H2,1-6H3,(H,87,88)(H,89,90)/t75-,76-,77-/m1/s1. The fourth-order valence-corrected chi connectivity index (χ4v) is 14.1. The van der Waals surface area contributed by atoms with Crippen molar-refractivity contribution in [1.82, 2.24) is 0 Å². The van der Waals surface area contributed by atoms with Gasteiger partial charge in [0.15, 0.2) is 12.2 Å². The summed E-state index contributed by atoms with van der Waals surface area (Å²) in [6, 6.07) is 0. The smallest absolute Gasteiger partial charge is 0.462 e. The first-order valence-corrected chi connectivity index (χ1v) is 45.0. The Balaban J connectivity index is 5.18. The van der Waals surface area contributed by atoms with Gasteiger partial charge in [-0.05, 0) is 37.5 Å². The maximum atomic E-state index is 13.1. The van der Waals surface area contributed by atoms with E-state index in [0.29, 0.717) is 31.6 Å². The molecule has 2 unspecified atom stereocenters. The molecule has 594 valence electrons. The molecule has 0 saturated carbocycles. The zero-order valence-electron chi connectivity index (χ0n) is 65.5.